The van der Waals surface area contributed by atoms with E-state index in [0.29, 0.717) is 15.7 Å². The second kappa shape index (κ2) is 7.72. The Kier molecular flexibility index (Phi) is 5.52. The molecule has 0 radical (unpaired) electrons. The van der Waals surface area contributed by atoms with Gasteiger partial charge in [-0.05, 0) is 48.2 Å². The first kappa shape index (κ1) is 20.0. The van der Waals surface area contributed by atoms with Gasteiger partial charge in [0.2, 0.25) is 0 Å². The van der Waals surface area contributed by atoms with Crippen LogP contribution in [0.25, 0.3) is 0 Å². The number of para-hydroxylation sites is 1. The summed E-state index contributed by atoms with van der Waals surface area (Å²) >= 11 is 1.21. The van der Waals surface area contributed by atoms with E-state index in [1.54, 1.807) is 35.9 Å². The molecule has 12 heteroatoms. The van der Waals surface area contributed by atoms with Crippen molar-refractivity contribution < 1.29 is 26.3 Å². The summed E-state index contributed by atoms with van der Waals surface area (Å²) in [6.45, 7) is 0. The molecule has 0 saturated carbocycles. The second-order valence-electron chi connectivity index (χ2n) is 5.45. The first-order valence-electron chi connectivity index (χ1n) is 7.63. The Balaban J connectivity index is 1.82. The number of ether oxygens (including phenoxy) is 1. The fourth-order valence-corrected chi connectivity index (χ4v) is 4.12. The highest BCUT2D eigenvalue weighted by Crippen LogP contribution is 2.33. The van der Waals surface area contributed by atoms with E-state index < -0.39 is 22.1 Å². The zero-order valence-electron chi connectivity index (χ0n) is 14.2. The first-order valence-corrected chi connectivity index (χ1v) is 9.93. The molecule has 7 nitrogen and oxygen atoms in total. The third-order valence-corrected chi connectivity index (χ3v) is 5.88. The molecule has 0 saturated heterocycles. The van der Waals surface area contributed by atoms with Crippen LogP contribution < -0.4 is 9.46 Å². The average molecular weight is 430 g/mol. The molecular weight excluding hydrogens is 417 g/mol. The van der Waals surface area contributed by atoms with E-state index >= 15 is 0 Å². The van der Waals surface area contributed by atoms with Crippen LogP contribution in [0.3, 0.4) is 0 Å². The van der Waals surface area contributed by atoms with Crippen molar-refractivity contribution >= 4 is 27.5 Å². The molecular formula is C16H13F3N4O3S2. The molecule has 2 aromatic carbocycles. The number of nitrogens with zero attached hydrogens (tertiary/aromatic N) is 3. The predicted octanol–water partition coefficient (Wildman–Crippen LogP) is 3.67. The molecule has 0 spiro atoms. The summed E-state index contributed by atoms with van der Waals surface area (Å²) in [5.74, 6) is -0.510. The fraction of sp³-hybridized carbons (Fsp3) is 0.125. The molecule has 1 heterocycles. The highest BCUT2D eigenvalue weighted by atomic mass is 32.2. The number of aryl methyl sites for hydroxylation is 1. The average Bonchev–Trinajstić information content (AvgIpc) is 3.00. The molecule has 0 amide bonds. The van der Waals surface area contributed by atoms with Gasteiger partial charge in [-0.25, -0.2) is 8.42 Å². The summed E-state index contributed by atoms with van der Waals surface area (Å²) < 4.78 is 69.7. The molecule has 3 rings (SSSR count). The topological polar surface area (TPSA) is 86.1 Å². The maximum absolute atomic E-state index is 12.6. The van der Waals surface area contributed by atoms with Gasteiger partial charge in [0.1, 0.15) is 12.1 Å². The number of halogens is 3. The number of hydrogen-bond donors (Lipinski definition) is 1. The van der Waals surface area contributed by atoms with E-state index in [1.807, 2.05) is 0 Å². The summed E-state index contributed by atoms with van der Waals surface area (Å²) in [5, 5.41) is 8.26. The van der Waals surface area contributed by atoms with Crippen LogP contribution in [0.5, 0.6) is 5.75 Å². The number of rotatable bonds is 6. The van der Waals surface area contributed by atoms with Crippen LogP contribution in [0.2, 0.25) is 0 Å². The van der Waals surface area contributed by atoms with E-state index in [1.165, 1.54) is 18.1 Å². The van der Waals surface area contributed by atoms with Gasteiger partial charge in [0, 0.05) is 11.9 Å². The molecule has 0 atom stereocenters. The van der Waals surface area contributed by atoms with Gasteiger partial charge in [0.15, 0.2) is 5.16 Å². The highest BCUT2D eigenvalue weighted by molar-refractivity contribution is 7.99. The Morgan fingerprint density at radius 2 is 1.79 bits per heavy atom. The van der Waals surface area contributed by atoms with Gasteiger partial charge >= 0.3 is 6.36 Å². The van der Waals surface area contributed by atoms with Crippen molar-refractivity contribution in [2.45, 2.75) is 21.3 Å². The Bertz CT molecular complexity index is 1070. The minimum atomic E-state index is -4.85. The smallest absolute Gasteiger partial charge is 0.406 e. The van der Waals surface area contributed by atoms with Crippen LogP contribution >= 0.6 is 11.8 Å². The maximum Gasteiger partial charge on any atom is 0.573 e. The lowest BCUT2D eigenvalue weighted by Crippen LogP contribution is -2.17. The van der Waals surface area contributed by atoms with Gasteiger partial charge in [0.25, 0.3) is 10.0 Å². The third kappa shape index (κ3) is 4.95. The first-order chi connectivity index (χ1) is 13.1. The van der Waals surface area contributed by atoms with Crippen LogP contribution in [-0.2, 0) is 17.1 Å². The molecule has 0 fully saturated rings. The van der Waals surface area contributed by atoms with Gasteiger partial charge < -0.3 is 9.30 Å². The van der Waals surface area contributed by atoms with Gasteiger partial charge in [-0.15, -0.1) is 23.4 Å². The summed E-state index contributed by atoms with van der Waals surface area (Å²) in [7, 11) is -2.28. The molecule has 0 bridgehead atoms. The molecule has 1 N–H and O–H groups in total. The molecule has 0 aliphatic rings. The number of alkyl halides is 3. The largest absolute Gasteiger partial charge is 0.573 e. The Hall–Kier alpha value is -2.73. The SMILES string of the molecule is Cn1cnnc1Sc1ccccc1NS(=O)(=O)c1ccc(OC(F)(F)F)cc1. The zero-order chi connectivity index (χ0) is 20.4. The summed E-state index contributed by atoms with van der Waals surface area (Å²) in [6, 6.07) is 10.6. The number of sulfonamides is 1. The minimum absolute atomic E-state index is 0.208. The number of hydrogen-bond acceptors (Lipinski definition) is 6. The second-order valence-corrected chi connectivity index (χ2v) is 8.14. The molecule has 0 unspecified atom stereocenters. The number of aromatic nitrogens is 3. The Morgan fingerprint density at radius 1 is 1.11 bits per heavy atom. The van der Waals surface area contributed by atoms with Gasteiger partial charge in [-0.3, -0.25) is 4.72 Å². The molecule has 28 heavy (non-hydrogen) atoms. The zero-order valence-corrected chi connectivity index (χ0v) is 15.8. The van der Waals surface area contributed by atoms with Crippen LogP contribution in [0.4, 0.5) is 18.9 Å². The van der Waals surface area contributed by atoms with Crippen molar-refractivity contribution in [1.82, 2.24) is 14.8 Å². The molecule has 3 aromatic rings. The highest BCUT2D eigenvalue weighted by Gasteiger charge is 2.31. The van der Waals surface area contributed by atoms with Crippen molar-refractivity contribution in [2.24, 2.45) is 7.05 Å². The number of benzene rings is 2. The normalized spacial score (nSPS) is 12.0. The van der Waals surface area contributed by atoms with E-state index in [0.717, 1.165) is 24.3 Å². The van der Waals surface area contributed by atoms with Crippen LogP contribution in [-0.4, -0.2) is 29.5 Å². The summed E-state index contributed by atoms with van der Waals surface area (Å²) in [6.07, 6.45) is -3.34. The lowest BCUT2D eigenvalue weighted by molar-refractivity contribution is -0.274. The monoisotopic (exact) mass is 430 g/mol. The van der Waals surface area contributed by atoms with Crippen molar-refractivity contribution in [3.05, 3.63) is 54.9 Å². The van der Waals surface area contributed by atoms with Crippen molar-refractivity contribution in [2.75, 3.05) is 4.72 Å². The third-order valence-electron chi connectivity index (χ3n) is 3.37. The van der Waals surface area contributed by atoms with Crippen LogP contribution in [0, 0.1) is 0 Å². The Morgan fingerprint density at radius 3 is 2.39 bits per heavy atom. The van der Waals surface area contributed by atoms with Gasteiger partial charge in [-0.1, -0.05) is 12.1 Å². The molecule has 0 aliphatic heterocycles. The fourth-order valence-electron chi connectivity index (χ4n) is 2.13. The van der Waals surface area contributed by atoms with Crippen LogP contribution in [0.15, 0.2) is 69.8 Å². The van der Waals surface area contributed by atoms with Crippen molar-refractivity contribution in [1.29, 1.82) is 0 Å². The Labute approximate surface area is 162 Å². The summed E-state index contributed by atoms with van der Waals surface area (Å²) in [5.41, 5.74) is 0.297. The van der Waals surface area contributed by atoms with Crippen molar-refractivity contribution in [3.8, 4) is 5.75 Å². The maximum atomic E-state index is 12.6. The standard InChI is InChI=1S/C16H13F3N4O3S2/c1-23-10-20-21-15(23)27-14-5-3-2-4-13(14)22-28(24,25)12-8-6-11(7-9-12)26-16(17,18)19/h2-10,22H,1H3. The van der Waals surface area contributed by atoms with Gasteiger partial charge in [-0.2, -0.15) is 0 Å². The van der Waals surface area contributed by atoms with E-state index in [4.69, 9.17) is 0 Å². The lowest BCUT2D eigenvalue weighted by atomic mass is 10.3. The summed E-state index contributed by atoms with van der Waals surface area (Å²) in [4.78, 5) is 0.375. The molecule has 148 valence electrons. The van der Waals surface area contributed by atoms with E-state index in [2.05, 4.69) is 19.7 Å². The van der Waals surface area contributed by atoms with Crippen LogP contribution in [0.1, 0.15) is 0 Å². The quantitative estimate of drug-likeness (QED) is 0.642. The predicted molar refractivity (Wildman–Crippen MR) is 95.5 cm³/mol. The molecule has 0 aliphatic carbocycles. The van der Waals surface area contributed by atoms with E-state index in [-0.39, 0.29) is 4.90 Å². The lowest BCUT2D eigenvalue weighted by Gasteiger charge is -2.13. The van der Waals surface area contributed by atoms with Crippen molar-refractivity contribution in [3.63, 3.8) is 0 Å². The number of nitrogens with one attached hydrogen (secondary N) is 1. The molecule has 1 aromatic heterocycles. The van der Waals surface area contributed by atoms with Gasteiger partial charge in [0.05, 0.1) is 10.6 Å². The van der Waals surface area contributed by atoms with E-state index in [9.17, 15) is 21.6 Å². The minimum Gasteiger partial charge on any atom is -0.406 e. The number of anilines is 1.